The zero-order valence-electron chi connectivity index (χ0n) is 10.7. The summed E-state index contributed by atoms with van der Waals surface area (Å²) in [6.45, 7) is 3.73. The minimum absolute atomic E-state index is 0.741. The molecule has 0 atom stereocenters. The Labute approximate surface area is 109 Å². The van der Waals surface area contributed by atoms with Crippen molar-refractivity contribution in [3.05, 3.63) is 60.2 Å². The van der Waals surface area contributed by atoms with E-state index in [2.05, 4.69) is 30.4 Å². The molecule has 18 heavy (non-hydrogen) atoms. The summed E-state index contributed by atoms with van der Waals surface area (Å²) in [5, 5.41) is 3.37. The van der Waals surface area contributed by atoms with Crippen LogP contribution in [0.5, 0.6) is 5.75 Å². The van der Waals surface area contributed by atoms with Gasteiger partial charge in [-0.05, 0) is 37.1 Å². The maximum absolute atomic E-state index is 5.73. The highest BCUT2D eigenvalue weighted by molar-refractivity contribution is 5.42. The maximum atomic E-state index is 5.73. The minimum Gasteiger partial charge on any atom is -0.493 e. The van der Waals surface area contributed by atoms with Gasteiger partial charge in [0.15, 0.2) is 0 Å². The van der Waals surface area contributed by atoms with Crippen LogP contribution in [0.3, 0.4) is 0 Å². The van der Waals surface area contributed by atoms with Crippen LogP contribution in [-0.2, 0) is 0 Å². The van der Waals surface area contributed by atoms with E-state index >= 15 is 0 Å². The van der Waals surface area contributed by atoms with Crippen LogP contribution in [-0.4, -0.2) is 13.2 Å². The van der Waals surface area contributed by atoms with Crippen LogP contribution in [0.15, 0.2) is 54.6 Å². The SMILES string of the molecule is Cc1ccccc1OCCCNc1ccccc1. The van der Waals surface area contributed by atoms with Gasteiger partial charge in [0, 0.05) is 12.2 Å². The third-order valence-electron chi connectivity index (χ3n) is 2.78. The molecule has 0 bridgehead atoms. The normalized spacial score (nSPS) is 10.1. The lowest BCUT2D eigenvalue weighted by atomic mass is 10.2. The number of aryl methyl sites for hydroxylation is 1. The predicted molar refractivity (Wildman–Crippen MR) is 76.2 cm³/mol. The summed E-state index contributed by atoms with van der Waals surface area (Å²) in [5.74, 6) is 0.984. The molecule has 0 aliphatic heterocycles. The van der Waals surface area contributed by atoms with E-state index in [1.165, 1.54) is 5.56 Å². The molecule has 0 aliphatic carbocycles. The first kappa shape index (κ1) is 12.5. The number of ether oxygens (including phenoxy) is 1. The smallest absolute Gasteiger partial charge is 0.122 e. The Morgan fingerprint density at radius 3 is 2.44 bits per heavy atom. The molecule has 2 aromatic carbocycles. The standard InChI is InChI=1S/C16H19NO/c1-14-8-5-6-11-16(14)18-13-7-12-17-15-9-3-2-4-10-15/h2-6,8-11,17H,7,12-13H2,1H3. The van der Waals surface area contributed by atoms with E-state index in [1.54, 1.807) is 0 Å². The van der Waals surface area contributed by atoms with Crippen LogP contribution in [0.2, 0.25) is 0 Å². The molecule has 0 saturated heterocycles. The Kier molecular flexibility index (Phi) is 4.65. The van der Waals surface area contributed by atoms with E-state index in [0.29, 0.717) is 0 Å². The highest BCUT2D eigenvalue weighted by atomic mass is 16.5. The van der Waals surface area contributed by atoms with E-state index in [1.807, 2.05) is 36.4 Å². The van der Waals surface area contributed by atoms with Gasteiger partial charge < -0.3 is 10.1 Å². The largest absolute Gasteiger partial charge is 0.493 e. The number of rotatable bonds is 6. The molecular weight excluding hydrogens is 222 g/mol. The average Bonchev–Trinajstić information content (AvgIpc) is 2.42. The van der Waals surface area contributed by atoms with Crippen molar-refractivity contribution < 1.29 is 4.74 Å². The van der Waals surface area contributed by atoms with Crippen molar-refractivity contribution >= 4 is 5.69 Å². The summed E-state index contributed by atoms with van der Waals surface area (Å²) in [4.78, 5) is 0. The first-order valence-corrected chi connectivity index (χ1v) is 6.33. The Balaban J connectivity index is 1.66. The van der Waals surface area contributed by atoms with Crippen molar-refractivity contribution in [3.8, 4) is 5.75 Å². The van der Waals surface area contributed by atoms with Crippen molar-refractivity contribution in [3.63, 3.8) is 0 Å². The van der Waals surface area contributed by atoms with E-state index in [-0.39, 0.29) is 0 Å². The molecular formula is C16H19NO. The van der Waals surface area contributed by atoms with Gasteiger partial charge in [-0.25, -0.2) is 0 Å². The first-order valence-electron chi connectivity index (χ1n) is 6.33. The lowest BCUT2D eigenvalue weighted by molar-refractivity contribution is 0.313. The van der Waals surface area contributed by atoms with E-state index in [0.717, 1.165) is 31.0 Å². The molecule has 2 heteroatoms. The third-order valence-corrected chi connectivity index (χ3v) is 2.78. The number of hydrogen-bond donors (Lipinski definition) is 1. The monoisotopic (exact) mass is 241 g/mol. The van der Waals surface area contributed by atoms with Crippen LogP contribution < -0.4 is 10.1 Å². The lowest BCUT2D eigenvalue weighted by Gasteiger charge is -2.09. The number of nitrogens with one attached hydrogen (secondary N) is 1. The molecule has 0 amide bonds. The van der Waals surface area contributed by atoms with Gasteiger partial charge in [0.1, 0.15) is 5.75 Å². The van der Waals surface area contributed by atoms with Crippen LogP contribution in [0, 0.1) is 6.92 Å². The maximum Gasteiger partial charge on any atom is 0.122 e. The van der Waals surface area contributed by atoms with Crippen LogP contribution in [0.1, 0.15) is 12.0 Å². The Morgan fingerprint density at radius 2 is 1.67 bits per heavy atom. The van der Waals surface area contributed by atoms with Crippen LogP contribution in [0.4, 0.5) is 5.69 Å². The molecule has 0 heterocycles. The molecule has 1 N–H and O–H groups in total. The molecule has 0 fully saturated rings. The van der Waals surface area contributed by atoms with Gasteiger partial charge in [-0.15, -0.1) is 0 Å². The van der Waals surface area contributed by atoms with Crippen molar-refractivity contribution in [2.24, 2.45) is 0 Å². The van der Waals surface area contributed by atoms with Gasteiger partial charge in [0.25, 0.3) is 0 Å². The third kappa shape index (κ3) is 3.81. The Hall–Kier alpha value is -1.96. The topological polar surface area (TPSA) is 21.3 Å². The second kappa shape index (κ2) is 6.70. The van der Waals surface area contributed by atoms with Crippen LogP contribution in [0.25, 0.3) is 0 Å². The molecule has 2 aromatic rings. The molecule has 94 valence electrons. The summed E-state index contributed by atoms with van der Waals surface area (Å²) in [6.07, 6.45) is 0.989. The molecule has 0 radical (unpaired) electrons. The van der Waals surface area contributed by atoms with Crippen molar-refractivity contribution in [1.82, 2.24) is 0 Å². The summed E-state index contributed by atoms with van der Waals surface area (Å²) >= 11 is 0. The minimum atomic E-state index is 0.741. The summed E-state index contributed by atoms with van der Waals surface area (Å²) < 4.78 is 5.73. The second-order valence-corrected chi connectivity index (χ2v) is 4.26. The van der Waals surface area contributed by atoms with Gasteiger partial charge in [0.2, 0.25) is 0 Å². The molecule has 0 unspecified atom stereocenters. The summed E-state index contributed by atoms with van der Waals surface area (Å²) in [6, 6.07) is 18.3. The number of anilines is 1. The zero-order chi connectivity index (χ0) is 12.6. The predicted octanol–water partition coefficient (Wildman–Crippen LogP) is 3.88. The van der Waals surface area contributed by atoms with Crippen molar-refractivity contribution in [1.29, 1.82) is 0 Å². The van der Waals surface area contributed by atoms with E-state index in [9.17, 15) is 0 Å². The van der Waals surface area contributed by atoms with Gasteiger partial charge in [-0.2, -0.15) is 0 Å². The van der Waals surface area contributed by atoms with E-state index in [4.69, 9.17) is 4.74 Å². The van der Waals surface area contributed by atoms with Crippen LogP contribution >= 0.6 is 0 Å². The molecule has 0 spiro atoms. The zero-order valence-corrected chi connectivity index (χ0v) is 10.7. The van der Waals surface area contributed by atoms with Gasteiger partial charge in [-0.3, -0.25) is 0 Å². The average molecular weight is 241 g/mol. The lowest BCUT2D eigenvalue weighted by Crippen LogP contribution is -2.07. The molecule has 0 saturated carbocycles. The number of hydrogen-bond acceptors (Lipinski definition) is 2. The fourth-order valence-corrected chi connectivity index (χ4v) is 1.76. The molecule has 2 nitrogen and oxygen atoms in total. The van der Waals surface area contributed by atoms with E-state index < -0.39 is 0 Å². The molecule has 0 aromatic heterocycles. The summed E-state index contributed by atoms with van der Waals surface area (Å²) in [7, 11) is 0. The molecule has 0 aliphatic rings. The number of para-hydroxylation sites is 2. The van der Waals surface area contributed by atoms with Gasteiger partial charge in [0.05, 0.1) is 6.61 Å². The number of benzene rings is 2. The summed E-state index contributed by atoms with van der Waals surface area (Å²) in [5.41, 5.74) is 2.35. The quantitative estimate of drug-likeness (QED) is 0.775. The highest BCUT2D eigenvalue weighted by Gasteiger charge is 1.97. The fourth-order valence-electron chi connectivity index (χ4n) is 1.76. The Morgan fingerprint density at radius 1 is 0.944 bits per heavy atom. The van der Waals surface area contributed by atoms with Gasteiger partial charge in [-0.1, -0.05) is 36.4 Å². The molecule has 2 rings (SSSR count). The van der Waals surface area contributed by atoms with Crippen molar-refractivity contribution in [2.45, 2.75) is 13.3 Å². The fraction of sp³-hybridized carbons (Fsp3) is 0.250. The Bertz CT molecular complexity index is 468. The first-order chi connectivity index (χ1) is 8.86. The van der Waals surface area contributed by atoms with Crippen molar-refractivity contribution in [2.75, 3.05) is 18.5 Å². The highest BCUT2D eigenvalue weighted by Crippen LogP contribution is 2.16. The van der Waals surface area contributed by atoms with Gasteiger partial charge >= 0.3 is 0 Å². The second-order valence-electron chi connectivity index (χ2n) is 4.26.